The molecule has 1 fully saturated rings. The van der Waals surface area contributed by atoms with Gasteiger partial charge in [0.05, 0.1) is 19.1 Å². The molecule has 0 saturated carbocycles. The standard InChI is InChI=1S/C13H18N2O5S/c1-19-11-5-4-10(7-12(11)20-2)21(17,18)14-8-9-3-6-13(16)15-9/h4-5,7,9,14H,3,6,8H2,1-2H3,(H,15,16). The van der Waals surface area contributed by atoms with Crippen LogP contribution in [-0.4, -0.2) is 41.1 Å². The monoisotopic (exact) mass is 314 g/mol. The molecule has 8 heteroatoms. The van der Waals surface area contributed by atoms with Crippen LogP contribution >= 0.6 is 0 Å². The highest BCUT2D eigenvalue weighted by atomic mass is 32.2. The number of methoxy groups -OCH3 is 2. The summed E-state index contributed by atoms with van der Waals surface area (Å²) in [7, 11) is -0.740. The van der Waals surface area contributed by atoms with E-state index < -0.39 is 10.0 Å². The molecule has 1 unspecified atom stereocenters. The molecule has 1 amide bonds. The molecular formula is C13H18N2O5S. The van der Waals surface area contributed by atoms with Gasteiger partial charge in [0.1, 0.15) is 0 Å². The minimum Gasteiger partial charge on any atom is -0.493 e. The first-order valence-corrected chi connectivity index (χ1v) is 7.95. The number of nitrogens with one attached hydrogen (secondary N) is 2. The second kappa shape index (κ2) is 6.31. The number of amides is 1. The molecule has 116 valence electrons. The highest BCUT2D eigenvalue weighted by Crippen LogP contribution is 2.29. The van der Waals surface area contributed by atoms with Crippen LogP contribution in [0.1, 0.15) is 12.8 Å². The normalized spacial score (nSPS) is 18.4. The van der Waals surface area contributed by atoms with Crippen LogP contribution < -0.4 is 19.5 Å². The lowest BCUT2D eigenvalue weighted by atomic mass is 10.2. The van der Waals surface area contributed by atoms with Crippen LogP contribution in [-0.2, 0) is 14.8 Å². The molecule has 2 rings (SSSR count). The third-order valence-corrected chi connectivity index (χ3v) is 4.69. The molecular weight excluding hydrogens is 296 g/mol. The Morgan fingerprint density at radius 3 is 2.57 bits per heavy atom. The van der Waals surface area contributed by atoms with Crippen LogP contribution in [0.2, 0.25) is 0 Å². The molecule has 1 aromatic carbocycles. The van der Waals surface area contributed by atoms with Crippen molar-refractivity contribution in [3.63, 3.8) is 0 Å². The van der Waals surface area contributed by atoms with Crippen molar-refractivity contribution in [2.45, 2.75) is 23.8 Å². The van der Waals surface area contributed by atoms with E-state index >= 15 is 0 Å². The number of carbonyl (C=O) groups excluding carboxylic acids is 1. The molecule has 0 spiro atoms. The van der Waals surface area contributed by atoms with Gasteiger partial charge in [-0.1, -0.05) is 0 Å². The minimum atomic E-state index is -3.66. The minimum absolute atomic E-state index is 0.0506. The molecule has 1 aliphatic heterocycles. The van der Waals surface area contributed by atoms with Crippen molar-refractivity contribution < 1.29 is 22.7 Å². The second-order valence-corrected chi connectivity index (χ2v) is 6.44. The molecule has 0 bridgehead atoms. The Labute approximate surface area is 123 Å². The first-order valence-electron chi connectivity index (χ1n) is 6.47. The van der Waals surface area contributed by atoms with Crippen molar-refractivity contribution >= 4 is 15.9 Å². The van der Waals surface area contributed by atoms with Gasteiger partial charge in [-0.25, -0.2) is 13.1 Å². The maximum Gasteiger partial charge on any atom is 0.240 e. The average Bonchev–Trinajstić information content (AvgIpc) is 2.90. The Balaban J connectivity index is 2.10. The zero-order valence-corrected chi connectivity index (χ0v) is 12.7. The van der Waals surface area contributed by atoms with E-state index in [-0.39, 0.29) is 23.4 Å². The van der Waals surface area contributed by atoms with Gasteiger partial charge < -0.3 is 14.8 Å². The molecule has 7 nitrogen and oxygen atoms in total. The van der Waals surface area contributed by atoms with E-state index in [1.54, 1.807) is 0 Å². The average molecular weight is 314 g/mol. The first-order chi connectivity index (χ1) is 9.96. The van der Waals surface area contributed by atoms with Crippen molar-refractivity contribution in [2.75, 3.05) is 20.8 Å². The Bertz CT molecular complexity index is 629. The molecule has 0 aliphatic carbocycles. The summed E-state index contributed by atoms with van der Waals surface area (Å²) in [6.45, 7) is 0.169. The lowest BCUT2D eigenvalue weighted by Crippen LogP contribution is -2.38. The Morgan fingerprint density at radius 2 is 2.00 bits per heavy atom. The number of ether oxygens (including phenoxy) is 2. The van der Waals surface area contributed by atoms with Crippen LogP contribution in [0.3, 0.4) is 0 Å². The summed E-state index contributed by atoms with van der Waals surface area (Å²) in [5.74, 6) is 0.749. The predicted octanol–water partition coefficient (Wildman–Crippen LogP) is 0.261. The third-order valence-electron chi connectivity index (χ3n) is 3.27. The van der Waals surface area contributed by atoms with Gasteiger partial charge in [0.25, 0.3) is 0 Å². The number of hydrogen-bond acceptors (Lipinski definition) is 5. The smallest absolute Gasteiger partial charge is 0.240 e. The van der Waals surface area contributed by atoms with Crippen molar-refractivity contribution in [1.82, 2.24) is 10.0 Å². The van der Waals surface area contributed by atoms with Crippen LogP contribution in [0.25, 0.3) is 0 Å². The summed E-state index contributed by atoms with van der Waals surface area (Å²) in [6, 6.07) is 4.21. The number of sulfonamides is 1. The van der Waals surface area contributed by atoms with Gasteiger partial charge in [-0.05, 0) is 18.6 Å². The van der Waals surface area contributed by atoms with E-state index in [1.807, 2.05) is 0 Å². The third kappa shape index (κ3) is 3.64. The van der Waals surface area contributed by atoms with Gasteiger partial charge in [0, 0.05) is 25.1 Å². The molecule has 1 aliphatic rings. The maximum atomic E-state index is 12.2. The summed E-state index contributed by atoms with van der Waals surface area (Å²) < 4.78 is 37.1. The van der Waals surface area contributed by atoms with E-state index in [0.29, 0.717) is 24.3 Å². The lowest BCUT2D eigenvalue weighted by Gasteiger charge is -2.13. The van der Waals surface area contributed by atoms with Crippen molar-refractivity contribution in [2.24, 2.45) is 0 Å². The van der Waals surface area contributed by atoms with Crippen LogP contribution in [0, 0.1) is 0 Å². The fraction of sp³-hybridized carbons (Fsp3) is 0.462. The van der Waals surface area contributed by atoms with E-state index in [1.165, 1.54) is 32.4 Å². The Hall–Kier alpha value is -1.80. The fourth-order valence-electron chi connectivity index (χ4n) is 2.11. The van der Waals surface area contributed by atoms with E-state index in [4.69, 9.17) is 9.47 Å². The quantitative estimate of drug-likeness (QED) is 0.785. The van der Waals surface area contributed by atoms with Crippen molar-refractivity contribution in [1.29, 1.82) is 0 Å². The van der Waals surface area contributed by atoms with E-state index in [2.05, 4.69) is 10.0 Å². The molecule has 0 radical (unpaired) electrons. The molecule has 0 aromatic heterocycles. The first kappa shape index (κ1) is 15.6. The maximum absolute atomic E-state index is 12.2. The summed E-state index contributed by atoms with van der Waals surface area (Å²) in [5, 5.41) is 2.71. The summed E-state index contributed by atoms with van der Waals surface area (Å²) in [6.07, 6.45) is 1.07. The van der Waals surface area contributed by atoms with Gasteiger partial charge in [-0.3, -0.25) is 4.79 Å². The van der Waals surface area contributed by atoms with Gasteiger partial charge >= 0.3 is 0 Å². The summed E-state index contributed by atoms with van der Waals surface area (Å²) >= 11 is 0. The number of benzene rings is 1. The lowest BCUT2D eigenvalue weighted by molar-refractivity contribution is -0.119. The zero-order chi connectivity index (χ0) is 15.5. The van der Waals surface area contributed by atoms with Gasteiger partial charge in [-0.15, -0.1) is 0 Å². The second-order valence-electron chi connectivity index (χ2n) is 4.67. The van der Waals surface area contributed by atoms with Crippen LogP contribution in [0.4, 0.5) is 0 Å². The molecule has 1 atom stereocenters. The van der Waals surface area contributed by atoms with Crippen molar-refractivity contribution in [3.8, 4) is 11.5 Å². The SMILES string of the molecule is COc1ccc(S(=O)(=O)NCC2CCC(=O)N2)cc1OC. The van der Waals surface area contributed by atoms with Gasteiger partial charge in [-0.2, -0.15) is 0 Å². The summed E-state index contributed by atoms with van der Waals surface area (Å²) in [5.41, 5.74) is 0. The van der Waals surface area contributed by atoms with Crippen molar-refractivity contribution in [3.05, 3.63) is 18.2 Å². The molecule has 21 heavy (non-hydrogen) atoms. The summed E-state index contributed by atoms with van der Waals surface area (Å²) in [4.78, 5) is 11.2. The predicted molar refractivity (Wildman–Crippen MR) is 75.9 cm³/mol. The van der Waals surface area contributed by atoms with Crippen LogP contribution in [0.5, 0.6) is 11.5 Å². The van der Waals surface area contributed by atoms with Crippen LogP contribution in [0.15, 0.2) is 23.1 Å². The molecule has 1 heterocycles. The number of carbonyl (C=O) groups is 1. The zero-order valence-electron chi connectivity index (χ0n) is 11.9. The topological polar surface area (TPSA) is 93.7 Å². The Morgan fingerprint density at radius 1 is 1.29 bits per heavy atom. The van der Waals surface area contributed by atoms with E-state index in [0.717, 1.165) is 0 Å². The number of hydrogen-bond donors (Lipinski definition) is 2. The Kier molecular flexibility index (Phi) is 4.69. The number of rotatable bonds is 6. The van der Waals surface area contributed by atoms with Gasteiger partial charge in [0.2, 0.25) is 15.9 Å². The largest absolute Gasteiger partial charge is 0.493 e. The fourth-order valence-corrected chi connectivity index (χ4v) is 3.20. The molecule has 1 saturated heterocycles. The molecule has 2 N–H and O–H groups in total. The van der Waals surface area contributed by atoms with Gasteiger partial charge in [0.15, 0.2) is 11.5 Å². The highest BCUT2D eigenvalue weighted by molar-refractivity contribution is 7.89. The highest BCUT2D eigenvalue weighted by Gasteiger charge is 2.23. The molecule has 1 aromatic rings. The van der Waals surface area contributed by atoms with E-state index in [9.17, 15) is 13.2 Å².